The second-order valence-electron chi connectivity index (χ2n) is 7.31. The Balaban J connectivity index is 2.25. The van der Waals surface area contributed by atoms with E-state index in [1.165, 1.54) is 33.3 Å². The molecular formula is C24H27NO7. The number of carbonyl (C=O) groups is 2. The Morgan fingerprint density at radius 1 is 0.969 bits per heavy atom. The Labute approximate surface area is 187 Å². The van der Waals surface area contributed by atoms with Gasteiger partial charge in [-0.1, -0.05) is 29.8 Å². The number of ketones is 1. The molecule has 1 aliphatic rings. The van der Waals surface area contributed by atoms with E-state index >= 15 is 0 Å². The molecule has 1 saturated heterocycles. The van der Waals surface area contributed by atoms with Crippen LogP contribution in [0, 0.1) is 6.92 Å². The first-order chi connectivity index (χ1) is 15.4. The van der Waals surface area contributed by atoms with Crippen LogP contribution in [-0.2, 0) is 14.3 Å². The highest BCUT2D eigenvalue weighted by molar-refractivity contribution is 6.46. The molecule has 1 aliphatic heterocycles. The number of aliphatic hydroxyl groups is 1. The molecule has 1 N–H and O–H groups in total. The van der Waals surface area contributed by atoms with Gasteiger partial charge < -0.3 is 29.0 Å². The third kappa shape index (κ3) is 4.13. The first kappa shape index (κ1) is 23.1. The summed E-state index contributed by atoms with van der Waals surface area (Å²) in [4.78, 5) is 27.3. The van der Waals surface area contributed by atoms with Crippen LogP contribution in [0.1, 0.15) is 22.7 Å². The minimum atomic E-state index is -0.861. The van der Waals surface area contributed by atoms with Crippen LogP contribution in [0.4, 0.5) is 0 Å². The number of likely N-dealkylation sites (tertiary alicyclic amines) is 1. The van der Waals surface area contributed by atoms with E-state index in [1.807, 2.05) is 19.1 Å². The number of Topliss-reactive ketones (excluding diaryl/α,β-unsaturated/α-hetero) is 1. The zero-order valence-electron chi connectivity index (χ0n) is 18.8. The molecule has 0 aromatic heterocycles. The standard InChI is InChI=1S/C24H27NO7/c1-14-6-8-15(9-7-14)21(26)19-20(25(10-11-29-2)24(28)22(19)27)16-12-17(30-3)23(32-5)18(13-16)31-4/h6-9,12-13,20,26H,10-11H2,1-5H3. The molecule has 32 heavy (non-hydrogen) atoms. The zero-order valence-corrected chi connectivity index (χ0v) is 18.8. The highest BCUT2D eigenvalue weighted by atomic mass is 16.5. The number of carbonyl (C=O) groups excluding carboxylic acids is 2. The minimum Gasteiger partial charge on any atom is -0.507 e. The summed E-state index contributed by atoms with van der Waals surface area (Å²) < 4.78 is 21.4. The summed E-state index contributed by atoms with van der Waals surface area (Å²) in [5.74, 6) is -0.607. The Kier molecular flexibility index (Phi) is 7.05. The number of nitrogens with zero attached hydrogens (tertiary/aromatic N) is 1. The van der Waals surface area contributed by atoms with Gasteiger partial charge in [0.1, 0.15) is 5.76 Å². The maximum atomic E-state index is 13.0. The smallest absolute Gasteiger partial charge is 0.295 e. The normalized spacial score (nSPS) is 17.5. The highest BCUT2D eigenvalue weighted by Gasteiger charge is 2.46. The van der Waals surface area contributed by atoms with Gasteiger partial charge in [-0.05, 0) is 24.6 Å². The van der Waals surface area contributed by atoms with E-state index in [-0.39, 0.29) is 24.5 Å². The Bertz CT molecular complexity index is 1020. The van der Waals surface area contributed by atoms with Crippen molar-refractivity contribution in [2.24, 2.45) is 0 Å². The Hall–Kier alpha value is -3.52. The summed E-state index contributed by atoms with van der Waals surface area (Å²) in [5.41, 5.74) is 1.97. The zero-order chi connectivity index (χ0) is 23.4. The van der Waals surface area contributed by atoms with Crippen molar-refractivity contribution in [3.63, 3.8) is 0 Å². The largest absolute Gasteiger partial charge is 0.507 e. The van der Waals surface area contributed by atoms with Crippen LogP contribution in [0.25, 0.3) is 5.76 Å². The maximum absolute atomic E-state index is 13.0. The number of amides is 1. The van der Waals surface area contributed by atoms with E-state index in [2.05, 4.69) is 0 Å². The third-order valence-electron chi connectivity index (χ3n) is 5.40. The second-order valence-corrected chi connectivity index (χ2v) is 7.31. The Morgan fingerprint density at radius 2 is 1.56 bits per heavy atom. The van der Waals surface area contributed by atoms with Gasteiger partial charge in [0.05, 0.1) is 39.6 Å². The number of rotatable bonds is 8. The molecular weight excluding hydrogens is 414 g/mol. The van der Waals surface area contributed by atoms with E-state index in [1.54, 1.807) is 24.3 Å². The van der Waals surface area contributed by atoms with Gasteiger partial charge in [0.2, 0.25) is 5.75 Å². The molecule has 1 fully saturated rings. The number of ether oxygens (including phenoxy) is 4. The van der Waals surface area contributed by atoms with Crippen molar-refractivity contribution in [2.75, 3.05) is 41.6 Å². The molecule has 0 bridgehead atoms. The van der Waals surface area contributed by atoms with E-state index in [9.17, 15) is 14.7 Å². The molecule has 2 aromatic rings. The summed E-state index contributed by atoms with van der Waals surface area (Å²) in [6.07, 6.45) is 0. The third-order valence-corrected chi connectivity index (χ3v) is 5.40. The van der Waals surface area contributed by atoms with Gasteiger partial charge in [0.15, 0.2) is 11.5 Å². The lowest BCUT2D eigenvalue weighted by atomic mass is 9.94. The molecule has 0 spiro atoms. The van der Waals surface area contributed by atoms with Crippen molar-refractivity contribution >= 4 is 17.4 Å². The van der Waals surface area contributed by atoms with Crippen LogP contribution in [-0.4, -0.2) is 63.3 Å². The lowest BCUT2D eigenvalue weighted by molar-refractivity contribution is -0.140. The summed E-state index contributed by atoms with van der Waals surface area (Å²) in [5, 5.41) is 11.1. The molecule has 170 valence electrons. The molecule has 1 unspecified atom stereocenters. The molecule has 1 heterocycles. The average molecular weight is 441 g/mol. The Morgan fingerprint density at radius 3 is 2.06 bits per heavy atom. The number of hydrogen-bond acceptors (Lipinski definition) is 7. The number of aryl methyl sites for hydroxylation is 1. The fraction of sp³-hybridized carbons (Fsp3) is 0.333. The SMILES string of the molecule is COCCN1C(=O)C(=O)C(=C(O)c2ccc(C)cc2)C1c1cc(OC)c(OC)c(OC)c1. The van der Waals surface area contributed by atoms with Gasteiger partial charge in [-0.25, -0.2) is 0 Å². The first-order valence-corrected chi connectivity index (χ1v) is 10.0. The summed E-state index contributed by atoms with van der Waals surface area (Å²) in [7, 11) is 5.96. The van der Waals surface area contributed by atoms with E-state index in [4.69, 9.17) is 18.9 Å². The molecule has 8 heteroatoms. The van der Waals surface area contributed by atoms with Crippen molar-refractivity contribution in [1.29, 1.82) is 0 Å². The maximum Gasteiger partial charge on any atom is 0.295 e. The number of methoxy groups -OCH3 is 4. The first-order valence-electron chi connectivity index (χ1n) is 10.0. The van der Waals surface area contributed by atoms with Crippen LogP contribution in [0.3, 0.4) is 0 Å². The van der Waals surface area contributed by atoms with Gasteiger partial charge in [0, 0.05) is 19.2 Å². The lowest BCUT2D eigenvalue weighted by Gasteiger charge is -2.26. The van der Waals surface area contributed by atoms with Gasteiger partial charge in [-0.3, -0.25) is 9.59 Å². The topological polar surface area (TPSA) is 94.5 Å². The second kappa shape index (κ2) is 9.74. The summed E-state index contributed by atoms with van der Waals surface area (Å²) in [6.45, 7) is 2.30. The van der Waals surface area contributed by atoms with Crippen LogP contribution >= 0.6 is 0 Å². The van der Waals surface area contributed by atoms with Crippen molar-refractivity contribution in [2.45, 2.75) is 13.0 Å². The fourth-order valence-electron chi connectivity index (χ4n) is 3.77. The van der Waals surface area contributed by atoms with Crippen molar-refractivity contribution in [1.82, 2.24) is 4.90 Å². The van der Waals surface area contributed by atoms with Gasteiger partial charge in [-0.15, -0.1) is 0 Å². The van der Waals surface area contributed by atoms with Crippen LogP contribution in [0.5, 0.6) is 17.2 Å². The van der Waals surface area contributed by atoms with Gasteiger partial charge >= 0.3 is 0 Å². The predicted octanol–water partition coefficient (Wildman–Crippen LogP) is 3.09. The van der Waals surface area contributed by atoms with Crippen LogP contribution in [0.15, 0.2) is 42.0 Å². The molecule has 2 aromatic carbocycles. The fourth-order valence-corrected chi connectivity index (χ4v) is 3.77. The molecule has 0 radical (unpaired) electrons. The number of hydrogen-bond donors (Lipinski definition) is 1. The molecule has 1 atom stereocenters. The van der Waals surface area contributed by atoms with E-state index in [0.717, 1.165) is 5.56 Å². The van der Waals surface area contributed by atoms with Crippen molar-refractivity contribution in [3.05, 3.63) is 58.7 Å². The summed E-state index contributed by atoms with van der Waals surface area (Å²) >= 11 is 0. The predicted molar refractivity (Wildman–Crippen MR) is 118 cm³/mol. The number of aliphatic hydroxyl groups excluding tert-OH is 1. The van der Waals surface area contributed by atoms with Crippen LogP contribution in [0.2, 0.25) is 0 Å². The molecule has 1 amide bonds. The van der Waals surface area contributed by atoms with E-state index < -0.39 is 17.7 Å². The molecule has 0 aliphatic carbocycles. The van der Waals surface area contributed by atoms with Crippen molar-refractivity contribution < 1.29 is 33.6 Å². The van der Waals surface area contributed by atoms with Crippen molar-refractivity contribution in [3.8, 4) is 17.2 Å². The van der Waals surface area contributed by atoms with E-state index in [0.29, 0.717) is 28.4 Å². The van der Waals surface area contributed by atoms with Gasteiger partial charge in [0.25, 0.3) is 11.7 Å². The molecule has 3 rings (SSSR count). The van der Waals surface area contributed by atoms with Crippen LogP contribution < -0.4 is 14.2 Å². The molecule has 8 nitrogen and oxygen atoms in total. The average Bonchev–Trinajstić information content (AvgIpc) is 3.06. The van der Waals surface area contributed by atoms with Gasteiger partial charge in [-0.2, -0.15) is 0 Å². The monoisotopic (exact) mass is 441 g/mol. The highest BCUT2D eigenvalue weighted by Crippen LogP contribution is 2.45. The molecule has 0 saturated carbocycles. The number of benzene rings is 2. The quantitative estimate of drug-likeness (QED) is 0.382. The minimum absolute atomic E-state index is 0.00997. The lowest BCUT2D eigenvalue weighted by Crippen LogP contribution is -2.32. The summed E-state index contributed by atoms with van der Waals surface area (Å²) in [6, 6.07) is 9.54.